The first-order valence-corrected chi connectivity index (χ1v) is 17.2. The SMILES string of the molecule is Cc1ccc2c(c1)C(=O)/C(=C\c1ccccc1-c1cc3ccc(N(c4ccc5ccccc5c4)c4ccc5ccccc5c4)cc3cc1C)C2=O. The molecular formula is C48H33NO2. The third-order valence-electron chi connectivity index (χ3n) is 10.1. The molecule has 0 bridgehead atoms. The van der Waals surface area contributed by atoms with E-state index in [-0.39, 0.29) is 17.1 Å². The van der Waals surface area contributed by atoms with Crippen molar-refractivity contribution < 1.29 is 9.59 Å². The van der Waals surface area contributed by atoms with Crippen molar-refractivity contribution >= 4 is 67.0 Å². The van der Waals surface area contributed by atoms with Gasteiger partial charge >= 0.3 is 0 Å². The Balaban J connectivity index is 1.14. The normalized spacial score (nSPS) is 13.4. The van der Waals surface area contributed by atoms with E-state index >= 15 is 0 Å². The molecule has 0 aromatic heterocycles. The van der Waals surface area contributed by atoms with E-state index in [2.05, 4.69) is 133 Å². The maximum atomic E-state index is 13.4. The number of ketones is 2. The van der Waals surface area contributed by atoms with E-state index < -0.39 is 0 Å². The fourth-order valence-corrected chi connectivity index (χ4v) is 7.50. The standard InChI is InChI=1S/C48H33NO2/c1-30-15-22-43-45(23-30)48(51)46(47(43)50)29-37-13-7-8-14-42(37)44-28-36-18-21-41(27-38(36)24-31(44)2)49(39-19-16-32-9-3-5-11-34(32)25-39)40-20-17-33-10-4-6-12-35(33)26-40/h3-29H,1-2H3/b46-29-. The summed E-state index contributed by atoms with van der Waals surface area (Å²) in [5.41, 5.74) is 9.39. The van der Waals surface area contributed by atoms with Crippen LogP contribution >= 0.6 is 0 Å². The third-order valence-corrected chi connectivity index (χ3v) is 10.1. The Morgan fingerprint density at radius 3 is 1.61 bits per heavy atom. The maximum absolute atomic E-state index is 13.4. The van der Waals surface area contributed by atoms with Gasteiger partial charge in [-0.15, -0.1) is 0 Å². The molecule has 0 N–H and O–H groups in total. The van der Waals surface area contributed by atoms with E-state index in [1.165, 1.54) is 21.5 Å². The molecule has 0 aliphatic heterocycles. The van der Waals surface area contributed by atoms with Gasteiger partial charge in [-0.25, -0.2) is 0 Å². The Labute approximate surface area is 296 Å². The lowest BCUT2D eigenvalue weighted by atomic mass is 9.92. The van der Waals surface area contributed by atoms with Crippen LogP contribution in [0.4, 0.5) is 17.1 Å². The van der Waals surface area contributed by atoms with Crippen molar-refractivity contribution in [3.63, 3.8) is 0 Å². The summed E-state index contributed by atoms with van der Waals surface area (Å²) in [6.45, 7) is 4.06. The first-order chi connectivity index (χ1) is 24.9. The van der Waals surface area contributed by atoms with Gasteiger partial charge in [-0.05, 0) is 123 Å². The van der Waals surface area contributed by atoms with Crippen molar-refractivity contribution in [3.05, 3.63) is 191 Å². The summed E-state index contributed by atoms with van der Waals surface area (Å²) in [6, 6.07) is 54.8. The number of Topliss-reactive ketones (excluding diaryl/α,β-unsaturated/α-hetero) is 2. The number of anilines is 3. The lowest BCUT2D eigenvalue weighted by Crippen LogP contribution is -2.10. The molecule has 8 aromatic carbocycles. The first kappa shape index (κ1) is 30.5. The zero-order valence-corrected chi connectivity index (χ0v) is 28.4. The molecule has 1 aliphatic carbocycles. The molecule has 8 aromatic rings. The maximum Gasteiger partial charge on any atom is 0.197 e. The number of rotatable bonds is 5. The van der Waals surface area contributed by atoms with Gasteiger partial charge in [0.1, 0.15) is 0 Å². The fraction of sp³-hybridized carbons (Fsp3) is 0.0417. The van der Waals surface area contributed by atoms with E-state index in [9.17, 15) is 9.59 Å². The largest absolute Gasteiger partial charge is 0.310 e. The molecule has 0 radical (unpaired) electrons. The average Bonchev–Trinajstić information content (AvgIpc) is 3.38. The fourth-order valence-electron chi connectivity index (χ4n) is 7.50. The molecular weight excluding hydrogens is 623 g/mol. The molecule has 0 amide bonds. The molecule has 0 heterocycles. The van der Waals surface area contributed by atoms with Gasteiger partial charge in [-0.1, -0.05) is 115 Å². The summed E-state index contributed by atoms with van der Waals surface area (Å²) in [5, 5.41) is 7.03. The van der Waals surface area contributed by atoms with E-state index in [0.29, 0.717) is 11.1 Å². The van der Waals surface area contributed by atoms with Crippen LogP contribution in [0.5, 0.6) is 0 Å². The summed E-state index contributed by atoms with van der Waals surface area (Å²) >= 11 is 0. The molecule has 3 heteroatoms. The van der Waals surface area contributed by atoms with Crippen LogP contribution in [-0.4, -0.2) is 11.6 Å². The van der Waals surface area contributed by atoms with Crippen LogP contribution in [0, 0.1) is 13.8 Å². The van der Waals surface area contributed by atoms with Crippen LogP contribution in [0.3, 0.4) is 0 Å². The van der Waals surface area contributed by atoms with Crippen LogP contribution in [0.1, 0.15) is 37.4 Å². The zero-order chi connectivity index (χ0) is 34.6. The van der Waals surface area contributed by atoms with Gasteiger partial charge in [0.2, 0.25) is 0 Å². The van der Waals surface area contributed by atoms with Gasteiger partial charge in [-0.2, -0.15) is 0 Å². The van der Waals surface area contributed by atoms with E-state index in [1.807, 2.05) is 37.3 Å². The minimum atomic E-state index is -0.213. The topological polar surface area (TPSA) is 37.4 Å². The van der Waals surface area contributed by atoms with Crippen LogP contribution in [0.25, 0.3) is 49.5 Å². The monoisotopic (exact) mass is 655 g/mol. The third kappa shape index (κ3) is 5.31. The lowest BCUT2D eigenvalue weighted by molar-refractivity contribution is 0.0990. The number of hydrogen-bond donors (Lipinski definition) is 0. The predicted octanol–water partition coefficient (Wildman–Crippen LogP) is 12.4. The Morgan fingerprint density at radius 1 is 0.412 bits per heavy atom. The van der Waals surface area contributed by atoms with Gasteiger partial charge < -0.3 is 4.90 Å². The lowest BCUT2D eigenvalue weighted by Gasteiger charge is -2.27. The van der Waals surface area contributed by atoms with Gasteiger partial charge in [0.15, 0.2) is 11.6 Å². The second-order valence-electron chi connectivity index (χ2n) is 13.4. The number of fused-ring (bicyclic) bond motifs is 4. The summed E-state index contributed by atoms with van der Waals surface area (Å²) in [7, 11) is 0. The molecule has 0 saturated heterocycles. The molecule has 51 heavy (non-hydrogen) atoms. The first-order valence-electron chi connectivity index (χ1n) is 17.2. The van der Waals surface area contributed by atoms with Crippen molar-refractivity contribution in [3.8, 4) is 11.1 Å². The van der Waals surface area contributed by atoms with Gasteiger partial charge in [0.25, 0.3) is 0 Å². The van der Waals surface area contributed by atoms with Gasteiger partial charge in [-0.3, -0.25) is 9.59 Å². The molecule has 0 saturated carbocycles. The molecule has 3 nitrogen and oxygen atoms in total. The van der Waals surface area contributed by atoms with Crippen molar-refractivity contribution in [2.24, 2.45) is 0 Å². The number of allylic oxidation sites excluding steroid dienone is 1. The number of carbonyl (C=O) groups excluding carboxylic acids is 2. The van der Waals surface area contributed by atoms with Crippen LogP contribution in [0.2, 0.25) is 0 Å². The van der Waals surface area contributed by atoms with Crippen molar-refractivity contribution in [1.82, 2.24) is 0 Å². The van der Waals surface area contributed by atoms with Crippen molar-refractivity contribution in [2.45, 2.75) is 13.8 Å². The van der Waals surface area contributed by atoms with Crippen molar-refractivity contribution in [2.75, 3.05) is 4.90 Å². The minimum absolute atomic E-state index is 0.210. The molecule has 242 valence electrons. The highest BCUT2D eigenvalue weighted by molar-refractivity contribution is 6.41. The molecule has 0 atom stereocenters. The highest BCUT2D eigenvalue weighted by atomic mass is 16.2. The number of benzene rings is 8. The predicted molar refractivity (Wildman–Crippen MR) is 212 cm³/mol. The number of carbonyl (C=O) groups is 2. The molecule has 0 fully saturated rings. The summed E-state index contributed by atoms with van der Waals surface area (Å²) in [6.07, 6.45) is 1.77. The van der Waals surface area contributed by atoms with E-state index in [4.69, 9.17) is 0 Å². The molecule has 9 rings (SSSR count). The smallest absolute Gasteiger partial charge is 0.197 e. The van der Waals surface area contributed by atoms with Crippen LogP contribution < -0.4 is 4.90 Å². The summed E-state index contributed by atoms with van der Waals surface area (Å²) in [4.78, 5) is 29.1. The minimum Gasteiger partial charge on any atom is -0.310 e. The van der Waals surface area contributed by atoms with Crippen LogP contribution in [0.15, 0.2) is 163 Å². The Bertz CT molecular complexity index is 2690. The molecule has 1 aliphatic rings. The highest BCUT2D eigenvalue weighted by Gasteiger charge is 2.33. The molecule has 0 spiro atoms. The van der Waals surface area contributed by atoms with E-state index in [0.717, 1.165) is 55.7 Å². The van der Waals surface area contributed by atoms with E-state index in [1.54, 1.807) is 12.1 Å². The zero-order valence-electron chi connectivity index (χ0n) is 28.4. The highest BCUT2D eigenvalue weighted by Crippen LogP contribution is 2.40. The molecule has 0 unspecified atom stereocenters. The Kier molecular flexibility index (Phi) is 7.22. The Morgan fingerprint density at radius 2 is 0.941 bits per heavy atom. The van der Waals surface area contributed by atoms with Gasteiger partial charge in [0.05, 0.1) is 5.57 Å². The average molecular weight is 656 g/mol. The van der Waals surface area contributed by atoms with Crippen LogP contribution in [-0.2, 0) is 0 Å². The summed E-state index contributed by atoms with van der Waals surface area (Å²) < 4.78 is 0. The number of aryl methyl sites for hydroxylation is 2. The van der Waals surface area contributed by atoms with Gasteiger partial charge in [0, 0.05) is 28.2 Å². The number of nitrogens with zero attached hydrogens (tertiary/aromatic N) is 1. The Hall–Kier alpha value is -6.58. The second kappa shape index (κ2) is 12.1. The van der Waals surface area contributed by atoms with Crippen molar-refractivity contribution in [1.29, 1.82) is 0 Å². The number of hydrogen-bond acceptors (Lipinski definition) is 3. The second-order valence-corrected chi connectivity index (χ2v) is 13.4. The summed E-state index contributed by atoms with van der Waals surface area (Å²) in [5.74, 6) is -0.423. The quantitative estimate of drug-likeness (QED) is 0.137.